The Morgan fingerprint density at radius 2 is 2.08 bits per heavy atom. The van der Waals surface area contributed by atoms with Crippen molar-refractivity contribution in [2.24, 2.45) is 4.99 Å². The van der Waals surface area contributed by atoms with Gasteiger partial charge in [-0.3, -0.25) is 9.79 Å². The Balaban J connectivity index is 3.67. The van der Waals surface area contributed by atoms with E-state index in [0.29, 0.717) is 13.0 Å². The van der Waals surface area contributed by atoms with Crippen molar-refractivity contribution < 1.29 is 9.53 Å². The van der Waals surface area contributed by atoms with Gasteiger partial charge in [-0.25, -0.2) is 0 Å². The Morgan fingerprint density at radius 1 is 1.42 bits per heavy atom. The molecule has 12 heavy (non-hydrogen) atoms. The van der Waals surface area contributed by atoms with Crippen molar-refractivity contribution >= 4 is 11.7 Å². The second-order valence-corrected chi connectivity index (χ2v) is 2.60. The summed E-state index contributed by atoms with van der Waals surface area (Å²) in [5, 5.41) is 0. The van der Waals surface area contributed by atoms with Crippen LogP contribution >= 0.6 is 0 Å². The van der Waals surface area contributed by atoms with E-state index in [1.54, 1.807) is 6.92 Å². The van der Waals surface area contributed by atoms with Crippen LogP contribution in [0, 0.1) is 0 Å². The molecular weight excluding hydrogens is 154 g/mol. The Bertz CT molecular complexity index is 164. The molecule has 0 unspecified atom stereocenters. The number of carbonyl (C=O) groups is 1. The van der Waals surface area contributed by atoms with E-state index in [1.165, 1.54) is 0 Å². The predicted octanol–water partition coefficient (Wildman–Crippen LogP) is 1.81. The fraction of sp³-hybridized carbons (Fsp3) is 0.778. The van der Waals surface area contributed by atoms with Crippen LogP contribution in [-0.4, -0.2) is 24.8 Å². The van der Waals surface area contributed by atoms with Gasteiger partial charge in [-0.2, -0.15) is 0 Å². The fourth-order valence-corrected chi connectivity index (χ4v) is 0.779. The van der Waals surface area contributed by atoms with Crippen LogP contribution in [0.3, 0.4) is 0 Å². The Hall–Kier alpha value is -0.860. The van der Waals surface area contributed by atoms with Crippen LogP contribution in [0.2, 0.25) is 0 Å². The molecule has 0 atom stereocenters. The van der Waals surface area contributed by atoms with Crippen molar-refractivity contribution in [3.8, 4) is 0 Å². The molecule has 0 saturated heterocycles. The third-order valence-corrected chi connectivity index (χ3v) is 1.31. The number of nitrogens with zero attached hydrogens (tertiary/aromatic N) is 1. The lowest BCUT2D eigenvalue weighted by molar-refractivity contribution is -0.141. The van der Waals surface area contributed by atoms with E-state index >= 15 is 0 Å². The summed E-state index contributed by atoms with van der Waals surface area (Å²) in [6, 6.07) is 0. The summed E-state index contributed by atoms with van der Waals surface area (Å²) in [4.78, 5) is 15.1. The molecule has 3 heteroatoms. The zero-order chi connectivity index (χ0) is 9.40. The van der Waals surface area contributed by atoms with Gasteiger partial charge in [0.25, 0.3) is 0 Å². The summed E-state index contributed by atoms with van der Waals surface area (Å²) < 4.78 is 4.77. The summed E-state index contributed by atoms with van der Waals surface area (Å²) in [7, 11) is 0. The van der Waals surface area contributed by atoms with Crippen molar-refractivity contribution in [2.75, 3.05) is 13.2 Å². The van der Waals surface area contributed by atoms with Gasteiger partial charge in [-0.1, -0.05) is 6.92 Å². The van der Waals surface area contributed by atoms with Gasteiger partial charge in [0.1, 0.15) is 0 Å². The molecule has 0 N–H and O–H groups in total. The summed E-state index contributed by atoms with van der Waals surface area (Å²) in [6.45, 7) is 6.95. The van der Waals surface area contributed by atoms with Crippen molar-refractivity contribution in [3.05, 3.63) is 0 Å². The average Bonchev–Trinajstić information content (AvgIpc) is 2.01. The number of hydrogen-bond donors (Lipinski definition) is 0. The van der Waals surface area contributed by atoms with E-state index in [2.05, 4.69) is 11.9 Å². The third-order valence-electron chi connectivity index (χ3n) is 1.31. The number of esters is 1. The topological polar surface area (TPSA) is 38.7 Å². The predicted molar refractivity (Wildman–Crippen MR) is 49.5 cm³/mol. The molecule has 0 fully saturated rings. The summed E-state index contributed by atoms with van der Waals surface area (Å²) in [6.07, 6.45) is 1.34. The Morgan fingerprint density at radius 3 is 2.58 bits per heavy atom. The number of hydrogen-bond acceptors (Lipinski definition) is 3. The molecule has 0 amide bonds. The van der Waals surface area contributed by atoms with E-state index in [-0.39, 0.29) is 5.97 Å². The molecule has 0 spiro atoms. The molecule has 0 bridgehead atoms. The lowest BCUT2D eigenvalue weighted by atomic mass is 10.3. The van der Waals surface area contributed by atoms with Crippen LogP contribution in [0.1, 0.15) is 33.6 Å². The second kappa shape index (κ2) is 6.83. The first kappa shape index (κ1) is 11.1. The molecule has 0 aromatic rings. The third kappa shape index (κ3) is 5.89. The number of carbonyl (C=O) groups excluding carboxylic acids is 1. The minimum Gasteiger partial charge on any atom is -0.466 e. The first-order valence-corrected chi connectivity index (χ1v) is 4.36. The van der Waals surface area contributed by atoms with Crippen LogP contribution < -0.4 is 0 Å². The largest absolute Gasteiger partial charge is 0.466 e. The van der Waals surface area contributed by atoms with Crippen molar-refractivity contribution in [1.82, 2.24) is 0 Å². The zero-order valence-electron chi connectivity index (χ0n) is 8.09. The van der Waals surface area contributed by atoms with E-state index < -0.39 is 0 Å². The molecule has 0 aliphatic carbocycles. The molecule has 0 aliphatic heterocycles. The highest BCUT2D eigenvalue weighted by Gasteiger charge is 2.02. The maximum Gasteiger partial charge on any atom is 0.311 e. The normalized spacial score (nSPS) is 11.4. The summed E-state index contributed by atoms with van der Waals surface area (Å²) >= 11 is 0. The molecule has 0 radical (unpaired) electrons. The second-order valence-electron chi connectivity index (χ2n) is 2.60. The Kier molecular flexibility index (Phi) is 6.34. The van der Waals surface area contributed by atoms with E-state index in [9.17, 15) is 4.79 Å². The number of rotatable bonds is 5. The molecule has 70 valence electrons. The molecule has 0 saturated carbocycles. The van der Waals surface area contributed by atoms with Gasteiger partial charge in [0.05, 0.1) is 13.0 Å². The van der Waals surface area contributed by atoms with E-state index in [4.69, 9.17) is 4.74 Å². The van der Waals surface area contributed by atoms with Gasteiger partial charge >= 0.3 is 5.97 Å². The molecule has 0 rings (SSSR count). The lowest BCUT2D eigenvalue weighted by Gasteiger charge is -2.00. The van der Waals surface area contributed by atoms with Gasteiger partial charge in [-0.15, -0.1) is 0 Å². The SMILES string of the molecule is CCC/N=C(\C)CC(=O)OCC. The number of aliphatic imine (C=N–C) groups is 1. The molecule has 0 aliphatic rings. The van der Waals surface area contributed by atoms with Gasteiger partial charge < -0.3 is 4.74 Å². The average molecular weight is 171 g/mol. The Labute approximate surface area is 73.8 Å². The van der Waals surface area contributed by atoms with Crippen LogP contribution in [0.25, 0.3) is 0 Å². The first-order chi connectivity index (χ1) is 5.70. The van der Waals surface area contributed by atoms with Gasteiger partial charge in [0.2, 0.25) is 0 Å². The molecule has 0 heterocycles. The monoisotopic (exact) mass is 171 g/mol. The molecule has 0 aromatic heterocycles. The lowest BCUT2D eigenvalue weighted by Crippen LogP contribution is -2.09. The number of ether oxygens (including phenoxy) is 1. The standard InChI is InChI=1S/C9H17NO2/c1-4-6-10-8(3)7-9(11)12-5-2/h4-7H2,1-3H3/b10-8+. The van der Waals surface area contributed by atoms with E-state index in [1.807, 2.05) is 6.92 Å². The maximum absolute atomic E-state index is 10.9. The minimum atomic E-state index is -0.185. The van der Waals surface area contributed by atoms with Crippen molar-refractivity contribution in [2.45, 2.75) is 33.6 Å². The highest BCUT2D eigenvalue weighted by molar-refractivity contribution is 5.97. The first-order valence-electron chi connectivity index (χ1n) is 4.36. The van der Waals surface area contributed by atoms with Gasteiger partial charge in [-0.05, 0) is 20.3 Å². The fourth-order valence-electron chi connectivity index (χ4n) is 0.779. The molecule has 0 aromatic carbocycles. The maximum atomic E-state index is 10.9. The van der Waals surface area contributed by atoms with Crippen molar-refractivity contribution in [3.63, 3.8) is 0 Å². The smallest absolute Gasteiger partial charge is 0.311 e. The summed E-state index contributed by atoms with van der Waals surface area (Å²) in [5.41, 5.74) is 0.857. The quantitative estimate of drug-likeness (QED) is 0.467. The van der Waals surface area contributed by atoms with Crippen LogP contribution in [-0.2, 0) is 9.53 Å². The van der Waals surface area contributed by atoms with Gasteiger partial charge in [0.15, 0.2) is 0 Å². The molecule has 3 nitrogen and oxygen atoms in total. The minimum absolute atomic E-state index is 0.185. The molecular formula is C9H17NO2. The van der Waals surface area contributed by atoms with E-state index in [0.717, 1.165) is 18.7 Å². The van der Waals surface area contributed by atoms with Gasteiger partial charge in [0, 0.05) is 12.3 Å². The van der Waals surface area contributed by atoms with Crippen LogP contribution in [0.15, 0.2) is 4.99 Å². The van der Waals surface area contributed by atoms with Crippen molar-refractivity contribution in [1.29, 1.82) is 0 Å². The zero-order valence-corrected chi connectivity index (χ0v) is 8.09. The highest BCUT2D eigenvalue weighted by Crippen LogP contribution is 1.91. The van der Waals surface area contributed by atoms with Crippen LogP contribution in [0.5, 0.6) is 0 Å². The highest BCUT2D eigenvalue weighted by atomic mass is 16.5. The summed E-state index contributed by atoms with van der Waals surface area (Å²) in [5.74, 6) is -0.185. The van der Waals surface area contributed by atoms with Crippen LogP contribution in [0.4, 0.5) is 0 Å².